The van der Waals surface area contributed by atoms with E-state index in [-0.39, 0.29) is 5.91 Å². The van der Waals surface area contributed by atoms with E-state index in [2.05, 4.69) is 13.8 Å². The number of hydrogen-bond donors (Lipinski definition) is 1. The summed E-state index contributed by atoms with van der Waals surface area (Å²) in [7, 11) is 0. The molecule has 1 amide bonds. The van der Waals surface area contributed by atoms with Gasteiger partial charge in [-0.3, -0.25) is 4.79 Å². The minimum atomic E-state index is 0.203. The van der Waals surface area contributed by atoms with Gasteiger partial charge in [0.2, 0.25) is 5.91 Å². The number of benzene rings is 1. The number of nitrogens with two attached hydrogens (primary N) is 1. The number of amides is 1. The van der Waals surface area contributed by atoms with E-state index in [1.807, 2.05) is 30.0 Å². The number of hydrogen-bond acceptors (Lipinski definition) is 3. The fourth-order valence-electron chi connectivity index (χ4n) is 1.91. The molecule has 0 unspecified atom stereocenters. The monoisotopic (exact) mass is 280 g/mol. The third kappa shape index (κ3) is 4.78. The van der Waals surface area contributed by atoms with Crippen molar-refractivity contribution in [3.8, 4) is 0 Å². The summed E-state index contributed by atoms with van der Waals surface area (Å²) >= 11 is 1.53. The molecule has 1 aromatic rings. The summed E-state index contributed by atoms with van der Waals surface area (Å²) in [5.41, 5.74) is 7.87. The van der Waals surface area contributed by atoms with Gasteiger partial charge in [0.15, 0.2) is 0 Å². The number of para-hydroxylation sites is 1. The first-order chi connectivity index (χ1) is 9.10. The van der Waals surface area contributed by atoms with E-state index < -0.39 is 0 Å². The lowest BCUT2D eigenvalue weighted by atomic mass is 10.2. The number of carbonyl (C=O) groups excluding carboxylic acids is 1. The second kappa shape index (κ2) is 8.10. The van der Waals surface area contributed by atoms with Gasteiger partial charge in [-0.05, 0) is 31.4 Å². The number of thioether (sulfide) groups is 1. The van der Waals surface area contributed by atoms with E-state index in [0.717, 1.165) is 42.1 Å². The van der Waals surface area contributed by atoms with Crippen LogP contribution in [0.15, 0.2) is 23.1 Å². The molecule has 0 heterocycles. The predicted molar refractivity (Wildman–Crippen MR) is 83.5 cm³/mol. The maximum Gasteiger partial charge on any atom is 0.232 e. The minimum Gasteiger partial charge on any atom is -0.398 e. The van der Waals surface area contributed by atoms with Gasteiger partial charge < -0.3 is 10.6 Å². The summed E-state index contributed by atoms with van der Waals surface area (Å²) in [6, 6.07) is 5.94. The lowest BCUT2D eigenvalue weighted by Crippen LogP contribution is -2.33. The summed E-state index contributed by atoms with van der Waals surface area (Å²) in [4.78, 5) is 15.1. The van der Waals surface area contributed by atoms with Crippen molar-refractivity contribution in [3.05, 3.63) is 23.8 Å². The fraction of sp³-hybridized carbons (Fsp3) is 0.533. The predicted octanol–water partition coefficient (Wildman–Crippen LogP) is 3.32. The molecule has 0 saturated heterocycles. The Labute approximate surface area is 120 Å². The zero-order valence-corrected chi connectivity index (χ0v) is 12.9. The molecule has 0 aliphatic heterocycles. The zero-order chi connectivity index (χ0) is 14.3. The lowest BCUT2D eigenvalue weighted by Gasteiger charge is -2.21. The summed E-state index contributed by atoms with van der Waals surface area (Å²) in [6.45, 7) is 7.87. The van der Waals surface area contributed by atoms with Gasteiger partial charge in [-0.25, -0.2) is 0 Å². The normalized spacial score (nSPS) is 10.5. The first-order valence-electron chi connectivity index (χ1n) is 6.85. The molecule has 19 heavy (non-hydrogen) atoms. The van der Waals surface area contributed by atoms with Crippen molar-refractivity contribution in [3.63, 3.8) is 0 Å². The molecule has 0 fully saturated rings. The van der Waals surface area contributed by atoms with Gasteiger partial charge in [0.05, 0.1) is 5.75 Å². The minimum absolute atomic E-state index is 0.203. The maximum absolute atomic E-state index is 12.2. The van der Waals surface area contributed by atoms with Crippen molar-refractivity contribution in [2.75, 3.05) is 24.6 Å². The van der Waals surface area contributed by atoms with Crippen LogP contribution in [0.25, 0.3) is 0 Å². The molecule has 106 valence electrons. The van der Waals surface area contributed by atoms with Gasteiger partial charge in [-0.15, -0.1) is 11.8 Å². The van der Waals surface area contributed by atoms with Crippen LogP contribution in [0, 0.1) is 6.92 Å². The van der Waals surface area contributed by atoms with Gasteiger partial charge in [0, 0.05) is 23.7 Å². The molecule has 4 heteroatoms. The molecule has 1 rings (SSSR count). The quantitative estimate of drug-likeness (QED) is 0.615. The van der Waals surface area contributed by atoms with Crippen LogP contribution >= 0.6 is 11.8 Å². The zero-order valence-electron chi connectivity index (χ0n) is 12.1. The third-order valence-corrected chi connectivity index (χ3v) is 4.03. The molecule has 0 spiro atoms. The first kappa shape index (κ1) is 15.9. The Balaban J connectivity index is 2.59. The van der Waals surface area contributed by atoms with Gasteiger partial charge in [0.1, 0.15) is 0 Å². The van der Waals surface area contributed by atoms with Crippen molar-refractivity contribution >= 4 is 23.4 Å². The first-order valence-corrected chi connectivity index (χ1v) is 7.84. The van der Waals surface area contributed by atoms with Crippen LogP contribution in [-0.4, -0.2) is 29.6 Å². The number of nitrogens with zero attached hydrogens (tertiary/aromatic N) is 1. The Hall–Kier alpha value is -1.16. The number of anilines is 1. The van der Waals surface area contributed by atoms with Gasteiger partial charge in [-0.1, -0.05) is 26.0 Å². The SMILES string of the molecule is CCCN(CCC)C(=O)CSc1cccc(C)c1N. The Morgan fingerprint density at radius 2 is 1.89 bits per heavy atom. The second-order valence-electron chi connectivity index (χ2n) is 4.66. The highest BCUT2D eigenvalue weighted by atomic mass is 32.2. The van der Waals surface area contributed by atoms with Crippen LogP contribution in [0.3, 0.4) is 0 Å². The molecular formula is C15H24N2OS. The second-order valence-corrected chi connectivity index (χ2v) is 5.67. The van der Waals surface area contributed by atoms with E-state index in [9.17, 15) is 4.79 Å². The smallest absolute Gasteiger partial charge is 0.232 e. The van der Waals surface area contributed by atoms with E-state index in [1.165, 1.54) is 11.8 Å². The molecule has 2 N–H and O–H groups in total. The summed E-state index contributed by atoms with van der Waals surface area (Å²) in [6.07, 6.45) is 2.01. The Morgan fingerprint density at radius 3 is 2.47 bits per heavy atom. The molecule has 1 aromatic carbocycles. The van der Waals surface area contributed by atoms with Gasteiger partial charge in [0.25, 0.3) is 0 Å². The number of aryl methyl sites for hydroxylation is 1. The van der Waals surface area contributed by atoms with Gasteiger partial charge in [-0.2, -0.15) is 0 Å². The van der Waals surface area contributed by atoms with E-state index >= 15 is 0 Å². The molecule has 0 radical (unpaired) electrons. The molecule has 0 aromatic heterocycles. The number of carbonyl (C=O) groups is 1. The van der Waals surface area contributed by atoms with Crippen LogP contribution in [0.1, 0.15) is 32.3 Å². The summed E-state index contributed by atoms with van der Waals surface area (Å²) < 4.78 is 0. The number of rotatable bonds is 7. The van der Waals surface area contributed by atoms with E-state index in [1.54, 1.807) is 0 Å². The maximum atomic E-state index is 12.2. The average Bonchev–Trinajstić information content (AvgIpc) is 2.40. The highest BCUT2D eigenvalue weighted by molar-refractivity contribution is 8.00. The Morgan fingerprint density at radius 1 is 1.26 bits per heavy atom. The molecule has 0 atom stereocenters. The van der Waals surface area contributed by atoms with E-state index in [0.29, 0.717) is 5.75 Å². The Bertz CT molecular complexity index is 415. The largest absolute Gasteiger partial charge is 0.398 e. The third-order valence-electron chi connectivity index (χ3n) is 2.98. The van der Waals surface area contributed by atoms with Crippen molar-refractivity contribution in [1.82, 2.24) is 4.90 Å². The standard InChI is InChI=1S/C15H24N2OS/c1-4-9-17(10-5-2)14(18)11-19-13-8-6-7-12(3)15(13)16/h6-8H,4-5,9-11,16H2,1-3H3. The van der Waals surface area contributed by atoms with Crippen LogP contribution in [-0.2, 0) is 4.79 Å². The Kier molecular flexibility index (Phi) is 6.78. The van der Waals surface area contributed by atoms with Gasteiger partial charge >= 0.3 is 0 Å². The van der Waals surface area contributed by atoms with Crippen LogP contribution in [0.2, 0.25) is 0 Å². The topological polar surface area (TPSA) is 46.3 Å². The molecular weight excluding hydrogens is 256 g/mol. The van der Waals surface area contributed by atoms with Crippen LogP contribution in [0.4, 0.5) is 5.69 Å². The van der Waals surface area contributed by atoms with Crippen molar-refractivity contribution in [2.45, 2.75) is 38.5 Å². The van der Waals surface area contributed by atoms with Crippen molar-refractivity contribution in [1.29, 1.82) is 0 Å². The molecule has 0 aliphatic carbocycles. The van der Waals surface area contributed by atoms with E-state index in [4.69, 9.17) is 5.73 Å². The summed E-state index contributed by atoms with van der Waals surface area (Å²) in [5, 5.41) is 0. The average molecular weight is 280 g/mol. The molecule has 0 saturated carbocycles. The summed E-state index contributed by atoms with van der Waals surface area (Å²) in [5.74, 6) is 0.669. The fourth-order valence-corrected chi connectivity index (χ4v) is 2.86. The lowest BCUT2D eigenvalue weighted by molar-refractivity contribution is -0.128. The molecule has 0 aliphatic rings. The van der Waals surface area contributed by atoms with Crippen molar-refractivity contribution < 1.29 is 4.79 Å². The van der Waals surface area contributed by atoms with Crippen LogP contribution < -0.4 is 5.73 Å². The highest BCUT2D eigenvalue weighted by Crippen LogP contribution is 2.27. The highest BCUT2D eigenvalue weighted by Gasteiger charge is 2.13. The van der Waals surface area contributed by atoms with Crippen LogP contribution in [0.5, 0.6) is 0 Å². The molecule has 0 bridgehead atoms. The molecule has 3 nitrogen and oxygen atoms in total. The van der Waals surface area contributed by atoms with Crippen molar-refractivity contribution in [2.24, 2.45) is 0 Å². The number of nitrogen functional groups attached to an aromatic ring is 1.